The molecule has 2 aromatic heterocycles. The van der Waals surface area contributed by atoms with Gasteiger partial charge in [-0.1, -0.05) is 13.0 Å². The van der Waals surface area contributed by atoms with Crippen LogP contribution in [0.2, 0.25) is 0 Å². The van der Waals surface area contributed by atoms with Crippen LogP contribution in [0.3, 0.4) is 0 Å². The fraction of sp³-hybridized carbons (Fsp3) is 0.353. The van der Waals surface area contributed by atoms with Crippen molar-refractivity contribution in [3.05, 3.63) is 56.8 Å². The number of aryl methyl sites for hydroxylation is 2. The number of nitrogens with zero attached hydrogens (tertiary/aromatic N) is 1. The number of rotatable bonds is 5. The first-order chi connectivity index (χ1) is 10.4. The Morgan fingerprint density at radius 1 is 1.27 bits per heavy atom. The Morgan fingerprint density at radius 3 is 2.55 bits per heavy atom. The van der Waals surface area contributed by atoms with E-state index in [1.165, 1.54) is 11.5 Å². The summed E-state index contributed by atoms with van der Waals surface area (Å²) in [6.45, 7) is 6.86. The van der Waals surface area contributed by atoms with Crippen LogP contribution in [0.5, 0.6) is 0 Å². The number of H-pyrrole nitrogens is 1. The van der Waals surface area contributed by atoms with E-state index in [-0.39, 0.29) is 23.7 Å². The van der Waals surface area contributed by atoms with E-state index < -0.39 is 0 Å². The number of aromatic nitrogens is 2. The predicted octanol–water partition coefficient (Wildman–Crippen LogP) is 2.44. The second kappa shape index (κ2) is 6.13. The number of hydrogen-bond donors (Lipinski definition) is 1. The lowest BCUT2D eigenvalue weighted by molar-refractivity contribution is 0.0965. The van der Waals surface area contributed by atoms with E-state index in [4.69, 9.17) is 0 Å². The molecule has 0 aromatic carbocycles. The highest BCUT2D eigenvalue weighted by molar-refractivity contribution is 6.03. The molecule has 0 aliphatic carbocycles. The first kappa shape index (κ1) is 15.9. The van der Waals surface area contributed by atoms with Crippen molar-refractivity contribution in [1.29, 1.82) is 0 Å². The van der Waals surface area contributed by atoms with Gasteiger partial charge in [-0.3, -0.25) is 14.4 Å². The Morgan fingerprint density at radius 2 is 1.95 bits per heavy atom. The van der Waals surface area contributed by atoms with Crippen LogP contribution in [-0.2, 0) is 13.0 Å². The summed E-state index contributed by atoms with van der Waals surface area (Å²) in [5.74, 6) is -0.252. The fourth-order valence-corrected chi connectivity index (χ4v) is 2.76. The van der Waals surface area contributed by atoms with Crippen molar-refractivity contribution < 1.29 is 9.59 Å². The molecule has 0 aliphatic heterocycles. The second-order valence-electron chi connectivity index (χ2n) is 5.44. The summed E-state index contributed by atoms with van der Waals surface area (Å²) < 4.78 is 1.39. The lowest BCUT2D eigenvalue weighted by atomic mass is 10.0. The summed E-state index contributed by atoms with van der Waals surface area (Å²) in [6, 6.07) is 3.46. The second-order valence-corrected chi connectivity index (χ2v) is 5.44. The molecule has 5 nitrogen and oxygen atoms in total. The highest BCUT2D eigenvalue weighted by Crippen LogP contribution is 2.21. The zero-order valence-corrected chi connectivity index (χ0v) is 13.3. The van der Waals surface area contributed by atoms with Gasteiger partial charge >= 0.3 is 0 Å². The van der Waals surface area contributed by atoms with Crippen molar-refractivity contribution in [3.8, 4) is 0 Å². The van der Waals surface area contributed by atoms with Gasteiger partial charge in [0.25, 0.3) is 5.56 Å². The summed E-state index contributed by atoms with van der Waals surface area (Å²) in [6.07, 6.45) is 2.18. The minimum absolute atomic E-state index is 0.0369. The van der Waals surface area contributed by atoms with E-state index in [0.717, 1.165) is 5.56 Å². The molecular formula is C17H20N2O3. The molecule has 2 heterocycles. The average Bonchev–Trinajstić information content (AvgIpc) is 2.80. The summed E-state index contributed by atoms with van der Waals surface area (Å²) >= 11 is 0. The minimum atomic E-state index is -0.194. The van der Waals surface area contributed by atoms with E-state index in [1.54, 1.807) is 32.2 Å². The van der Waals surface area contributed by atoms with Crippen LogP contribution < -0.4 is 5.56 Å². The lowest BCUT2D eigenvalue weighted by Gasteiger charge is -2.06. The third-order valence-corrected chi connectivity index (χ3v) is 3.80. The Bertz CT molecular complexity index is 797. The molecule has 0 aliphatic rings. The van der Waals surface area contributed by atoms with Gasteiger partial charge in [-0.15, -0.1) is 0 Å². The highest BCUT2D eigenvalue weighted by atomic mass is 16.1. The Hall–Kier alpha value is -2.43. The third kappa shape index (κ3) is 2.79. The zero-order chi connectivity index (χ0) is 16.4. The molecule has 0 amide bonds. The van der Waals surface area contributed by atoms with Gasteiger partial charge in [-0.2, -0.15) is 0 Å². The average molecular weight is 300 g/mol. The van der Waals surface area contributed by atoms with Gasteiger partial charge < -0.3 is 9.55 Å². The largest absolute Gasteiger partial charge is 0.355 e. The van der Waals surface area contributed by atoms with Gasteiger partial charge in [0.1, 0.15) is 0 Å². The van der Waals surface area contributed by atoms with Crippen molar-refractivity contribution in [2.75, 3.05) is 0 Å². The summed E-state index contributed by atoms with van der Waals surface area (Å²) in [5, 5.41) is 0. The van der Waals surface area contributed by atoms with Gasteiger partial charge in [-0.05, 0) is 38.8 Å². The molecule has 0 spiro atoms. The van der Waals surface area contributed by atoms with E-state index in [9.17, 15) is 14.4 Å². The predicted molar refractivity (Wildman–Crippen MR) is 84.7 cm³/mol. The quantitative estimate of drug-likeness (QED) is 0.862. The highest BCUT2D eigenvalue weighted by Gasteiger charge is 2.21. The number of pyridine rings is 1. The van der Waals surface area contributed by atoms with Crippen molar-refractivity contribution in [2.24, 2.45) is 0 Å². The monoisotopic (exact) mass is 300 g/mol. The molecular weight excluding hydrogens is 280 g/mol. The molecule has 0 unspecified atom stereocenters. The van der Waals surface area contributed by atoms with Crippen molar-refractivity contribution in [1.82, 2.24) is 9.55 Å². The first-order valence-electron chi connectivity index (χ1n) is 7.28. The Balaban J connectivity index is 2.42. The smallest absolute Gasteiger partial charge is 0.253 e. The Kier molecular flexibility index (Phi) is 4.45. The number of aromatic amines is 1. The summed E-state index contributed by atoms with van der Waals surface area (Å²) in [5.41, 5.74) is 2.86. The van der Waals surface area contributed by atoms with Crippen LogP contribution in [0.25, 0.3) is 0 Å². The van der Waals surface area contributed by atoms with Gasteiger partial charge in [0.15, 0.2) is 11.6 Å². The fourth-order valence-electron chi connectivity index (χ4n) is 2.76. The molecule has 0 saturated carbocycles. The number of hydrogen-bond acceptors (Lipinski definition) is 3. The van der Waals surface area contributed by atoms with E-state index in [1.807, 2.05) is 6.92 Å². The molecule has 2 aromatic rings. The molecule has 0 radical (unpaired) electrons. The standard InChI is InChI=1S/C17H20N2O3/c1-5-13-15(12(4)20)11(3)18-16(13)14(21)9-19-8-6-7-10(2)17(19)22/h6-8,18H,5,9H2,1-4H3. The molecule has 0 saturated heterocycles. The SMILES string of the molecule is CCc1c(C(=O)Cn2cccc(C)c2=O)[nH]c(C)c1C(C)=O. The molecule has 0 fully saturated rings. The maximum atomic E-state index is 12.5. The number of ketones is 2. The van der Waals surface area contributed by atoms with Gasteiger partial charge in [0.2, 0.25) is 0 Å². The van der Waals surface area contributed by atoms with E-state index in [2.05, 4.69) is 4.98 Å². The molecule has 5 heteroatoms. The van der Waals surface area contributed by atoms with Crippen molar-refractivity contribution >= 4 is 11.6 Å². The topological polar surface area (TPSA) is 71.9 Å². The number of nitrogens with one attached hydrogen (secondary N) is 1. The number of carbonyl (C=O) groups is 2. The van der Waals surface area contributed by atoms with Crippen LogP contribution in [0.4, 0.5) is 0 Å². The van der Waals surface area contributed by atoms with Crippen LogP contribution in [-0.4, -0.2) is 21.1 Å². The van der Waals surface area contributed by atoms with E-state index in [0.29, 0.717) is 28.9 Å². The summed E-state index contributed by atoms with van der Waals surface area (Å²) in [7, 11) is 0. The molecule has 1 N–H and O–H groups in total. The Labute approximate surface area is 129 Å². The third-order valence-electron chi connectivity index (χ3n) is 3.80. The number of carbonyl (C=O) groups excluding carboxylic acids is 2. The maximum Gasteiger partial charge on any atom is 0.253 e. The molecule has 22 heavy (non-hydrogen) atoms. The molecule has 0 bridgehead atoms. The summed E-state index contributed by atoms with van der Waals surface area (Å²) in [4.78, 5) is 39.3. The first-order valence-corrected chi connectivity index (χ1v) is 7.28. The zero-order valence-electron chi connectivity index (χ0n) is 13.3. The normalized spacial score (nSPS) is 10.7. The lowest BCUT2D eigenvalue weighted by Crippen LogP contribution is -2.25. The van der Waals surface area contributed by atoms with Crippen LogP contribution in [0.15, 0.2) is 23.1 Å². The van der Waals surface area contributed by atoms with Crippen LogP contribution in [0.1, 0.15) is 51.5 Å². The molecule has 116 valence electrons. The van der Waals surface area contributed by atoms with Gasteiger partial charge in [0, 0.05) is 23.0 Å². The van der Waals surface area contributed by atoms with Gasteiger partial charge in [0.05, 0.1) is 12.2 Å². The van der Waals surface area contributed by atoms with Crippen LogP contribution >= 0.6 is 0 Å². The van der Waals surface area contributed by atoms with Gasteiger partial charge in [-0.25, -0.2) is 0 Å². The molecule has 2 rings (SSSR count). The minimum Gasteiger partial charge on any atom is -0.355 e. The van der Waals surface area contributed by atoms with Crippen molar-refractivity contribution in [2.45, 2.75) is 40.7 Å². The maximum absolute atomic E-state index is 12.5. The number of Topliss-reactive ketones (excluding diaryl/α,β-unsaturated/α-hetero) is 2. The molecule has 0 atom stereocenters. The van der Waals surface area contributed by atoms with Crippen LogP contribution in [0, 0.1) is 13.8 Å². The van der Waals surface area contributed by atoms with E-state index >= 15 is 0 Å². The van der Waals surface area contributed by atoms with Crippen molar-refractivity contribution in [3.63, 3.8) is 0 Å².